The summed E-state index contributed by atoms with van der Waals surface area (Å²) in [4.78, 5) is 0. The first-order valence-electron chi connectivity index (χ1n) is 7.61. The van der Waals surface area contributed by atoms with Crippen molar-refractivity contribution in [2.75, 3.05) is 11.9 Å². The Morgan fingerprint density at radius 2 is 1.95 bits per heavy atom. The zero-order valence-electron chi connectivity index (χ0n) is 12.4. The van der Waals surface area contributed by atoms with E-state index < -0.39 is 0 Å². The summed E-state index contributed by atoms with van der Waals surface area (Å²) >= 11 is 0. The smallest absolute Gasteiger partial charge is 0.224 e. The van der Waals surface area contributed by atoms with Crippen LogP contribution in [0.3, 0.4) is 0 Å². The lowest BCUT2D eigenvalue weighted by Crippen LogP contribution is -2.43. The molecule has 5 heteroatoms. The summed E-state index contributed by atoms with van der Waals surface area (Å²) in [6.45, 7) is 8.17. The summed E-state index contributed by atoms with van der Waals surface area (Å²) in [6.07, 6.45) is 5.73. The van der Waals surface area contributed by atoms with Gasteiger partial charge in [-0.2, -0.15) is 0 Å². The standard InChI is InChI=1S/C14H27N5/c1-4-11-7-9-14(15,10-8-11)12-17-18-13(16-5-2)19(12)6-3/h11H,4-10,15H2,1-3H3,(H,16,18). The Morgan fingerprint density at radius 3 is 2.47 bits per heavy atom. The van der Waals surface area contributed by atoms with Crippen LogP contribution in [-0.4, -0.2) is 21.3 Å². The highest BCUT2D eigenvalue weighted by molar-refractivity contribution is 5.28. The van der Waals surface area contributed by atoms with Crippen molar-refractivity contribution in [3.63, 3.8) is 0 Å². The first-order valence-corrected chi connectivity index (χ1v) is 7.61. The summed E-state index contributed by atoms with van der Waals surface area (Å²) in [5.41, 5.74) is 6.34. The molecule has 108 valence electrons. The number of anilines is 1. The highest BCUT2D eigenvalue weighted by atomic mass is 15.4. The summed E-state index contributed by atoms with van der Waals surface area (Å²) < 4.78 is 2.13. The quantitative estimate of drug-likeness (QED) is 0.858. The number of hydrogen-bond acceptors (Lipinski definition) is 4. The average Bonchev–Trinajstić information content (AvgIpc) is 2.84. The molecule has 0 radical (unpaired) electrons. The minimum Gasteiger partial charge on any atom is -0.355 e. The fourth-order valence-electron chi connectivity index (χ4n) is 3.08. The molecule has 1 aliphatic carbocycles. The zero-order valence-corrected chi connectivity index (χ0v) is 12.4. The number of nitrogens with two attached hydrogens (primary N) is 1. The molecule has 0 spiro atoms. The maximum atomic E-state index is 6.63. The van der Waals surface area contributed by atoms with Gasteiger partial charge in [-0.05, 0) is 45.4 Å². The normalized spacial score (nSPS) is 27.5. The van der Waals surface area contributed by atoms with E-state index in [-0.39, 0.29) is 5.54 Å². The van der Waals surface area contributed by atoms with E-state index in [1.807, 2.05) is 0 Å². The second kappa shape index (κ2) is 5.90. The maximum absolute atomic E-state index is 6.63. The van der Waals surface area contributed by atoms with Crippen molar-refractivity contribution in [2.45, 2.75) is 65.0 Å². The van der Waals surface area contributed by atoms with Gasteiger partial charge in [0.2, 0.25) is 5.95 Å². The van der Waals surface area contributed by atoms with Gasteiger partial charge in [0.1, 0.15) is 0 Å². The monoisotopic (exact) mass is 265 g/mol. The van der Waals surface area contributed by atoms with E-state index in [4.69, 9.17) is 5.73 Å². The third-order valence-electron chi connectivity index (χ3n) is 4.42. The first-order chi connectivity index (χ1) is 9.14. The zero-order chi connectivity index (χ0) is 13.9. The van der Waals surface area contributed by atoms with E-state index in [0.717, 1.165) is 43.6 Å². The average molecular weight is 265 g/mol. The van der Waals surface area contributed by atoms with Crippen molar-refractivity contribution in [3.8, 4) is 0 Å². The molecule has 0 aromatic carbocycles. The van der Waals surface area contributed by atoms with Gasteiger partial charge in [-0.15, -0.1) is 10.2 Å². The van der Waals surface area contributed by atoms with Crippen LogP contribution in [0.1, 0.15) is 58.7 Å². The largest absolute Gasteiger partial charge is 0.355 e. The number of hydrogen-bond donors (Lipinski definition) is 2. The molecule has 1 aliphatic rings. The third-order valence-corrected chi connectivity index (χ3v) is 4.42. The maximum Gasteiger partial charge on any atom is 0.224 e. The molecule has 0 aliphatic heterocycles. The third kappa shape index (κ3) is 2.76. The molecular formula is C14H27N5. The minimum absolute atomic E-state index is 0.289. The number of rotatable bonds is 5. The van der Waals surface area contributed by atoms with Gasteiger partial charge in [-0.1, -0.05) is 13.3 Å². The van der Waals surface area contributed by atoms with Crippen LogP contribution in [0.2, 0.25) is 0 Å². The van der Waals surface area contributed by atoms with Gasteiger partial charge in [0.25, 0.3) is 0 Å². The van der Waals surface area contributed by atoms with Crippen LogP contribution in [0, 0.1) is 5.92 Å². The lowest BCUT2D eigenvalue weighted by molar-refractivity contribution is 0.217. The van der Waals surface area contributed by atoms with E-state index >= 15 is 0 Å². The predicted octanol–water partition coefficient (Wildman–Crippen LogP) is 2.48. The lowest BCUT2D eigenvalue weighted by Gasteiger charge is -2.36. The molecule has 0 unspecified atom stereocenters. The minimum atomic E-state index is -0.289. The van der Waals surface area contributed by atoms with Crippen molar-refractivity contribution in [1.29, 1.82) is 0 Å². The van der Waals surface area contributed by atoms with Gasteiger partial charge in [-0.25, -0.2) is 0 Å². The predicted molar refractivity (Wildman–Crippen MR) is 78.0 cm³/mol. The molecule has 3 N–H and O–H groups in total. The Kier molecular flexibility index (Phi) is 4.45. The lowest BCUT2D eigenvalue weighted by atomic mass is 9.75. The highest BCUT2D eigenvalue weighted by Gasteiger charge is 2.37. The molecule has 1 heterocycles. The molecule has 1 aromatic rings. The molecule has 0 atom stereocenters. The van der Waals surface area contributed by atoms with Crippen LogP contribution in [0.25, 0.3) is 0 Å². The van der Waals surface area contributed by atoms with Crippen LogP contribution in [0.15, 0.2) is 0 Å². The van der Waals surface area contributed by atoms with Crippen LogP contribution >= 0.6 is 0 Å². The number of nitrogens with one attached hydrogen (secondary N) is 1. The molecule has 0 amide bonds. The van der Waals surface area contributed by atoms with E-state index in [1.165, 1.54) is 19.3 Å². The number of nitrogens with zero attached hydrogens (tertiary/aromatic N) is 3. The van der Waals surface area contributed by atoms with Crippen molar-refractivity contribution in [1.82, 2.24) is 14.8 Å². The van der Waals surface area contributed by atoms with Crippen LogP contribution in [-0.2, 0) is 12.1 Å². The van der Waals surface area contributed by atoms with Gasteiger partial charge in [-0.3, -0.25) is 4.57 Å². The summed E-state index contributed by atoms with van der Waals surface area (Å²) in [5.74, 6) is 2.64. The molecule has 0 bridgehead atoms. The van der Waals surface area contributed by atoms with Gasteiger partial charge < -0.3 is 11.1 Å². The Hall–Kier alpha value is -1.10. The summed E-state index contributed by atoms with van der Waals surface area (Å²) in [5, 5.41) is 11.9. The summed E-state index contributed by atoms with van der Waals surface area (Å²) in [7, 11) is 0. The first kappa shape index (κ1) is 14.3. The fraction of sp³-hybridized carbons (Fsp3) is 0.857. The Bertz CT molecular complexity index is 404. The molecular weight excluding hydrogens is 238 g/mol. The highest BCUT2D eigenvalue weighted by Crippen LogP contribution is 2.38. The van der Waals surface area contributed by atoms with Crippen molar-refractivity contribution in [2.24, 2.45) is 11.7 Å². The van der Waals surface area contributed by atoms with Gasteiger partial charge in [0, 0.05) is 13.1 Å². The molecule has 1 saturated carbocycles. The fourth-order valence-corrected chi connectivity index (χ4v) is 3.08. The Balaban J connectivity index is 2.21. The second-order valence-corrected chi connectivity index (χ2v) is 5.63. The van der Waals surface area contributed by atoms with Crippen LogP contribution in [0.4, 0.5) is 5.95 Å². The van der Waals surface area contributed by atoms with E-state index in [2.05, 4.69) is 40.9 Å². The van der Waals surface area contributed by atoms with Gasteiger partial charge in [0.05, 0.1) is 5.54 Å². The van der Waals surface area contributed by atoms with Crippen LogP contribution < -0.4 is 11.1 Å². The van der Waals surface area contributed by atoms with E-state index in [0.29, 0.717) is 0 Å². The summed E-state index contributed by atoms with van der Waals surface area (Å²) in [6, 6.07) is 0. The topological polar surface area (TPSA) is 68.8 Å². The second-order valence-electron chi connectivity index (χ2n) is 5.63. The molecule has 2 rings (SSSR count). The van der Waals surface area contributed by atoms with Crippen molar-refractivity contribution in [3.05, 3.63) is 5.82 Å². The van der Waals surface area contributed by atoms with E-state index in [1.54, 1.807) is 0 Å². The van der Waals surface area contributed by atoms with Gasteiger partial charge in [0.15, 0.2) is 5.82 Å². The SMILES string of the molecule is CCNc1nnc(C2(N)CCC(CC)CC2)n1CC. The molecule has 5 nitrogen and oxygen atoms in total. The Labute approximate surface area is 116 Å². The van der Waals surface area contributed by atoms with Gasteiger partial charge >= 0.3 is 0 Å². The van der Waals surface area contributed by atoms with E-state index in [9.17, 15) is 0 Å². The van der Waals surface area contributed by atoms with Crippen LogP contribution in [0.5, 0.6) is 0 Å². The van der Waals surface area contributed by atoms with Crippen molar-refractivity contribution >= 4 is 5.95 Å². The molecule has 1 fully saturated rings. The number of aromatic nitrogens is 3. The molecule has 0 saturated heterocycles. The van der Waals surface area contributed by atoms with Crippen molar-refractivity contribution < 1.29 is 0 Å². The Morgan fingerprint density at radius 1 is 1.26 bits per heavy atom. The molecule has 1 aromatic heterocycles. The molecule has 19 heavy (non-hydrogen) atoms.